The number of para-hydroxylation sites is 1. The largest absolute Gasteiger partial charge is 0.481 e. The van der Waals surface area contributed by atoms with Gasteiger partial charge in [0.05, 0.1) is 12.5 Å². The lowest BCUT2D eigenvalue weighted by Gasteiger charge is -2.37. The van der Waals surface area contributed by atoms with Gasteiger partial charge in [0, 0.05) is 35.3 Å². The molecule has 0 spiro atoms. The van der Waals surface area contributed by atoms with Crippen molar-refractivity contribution >= 4 is 16.9 Å². The molecular weight excluding hydrogens is 388 g/mol. The fraction of sp³-hybridized carbons (Fsp3) is 0.231. The topological polar surface area (TPSA) is 75.2 Å². The van der Waals surface area contributed by atoms with E-state index in [0.717, 1.165) is 27.7 Å². The van der Waals surface area contributed by atoms with Crippen LogP contribution in [-0.2, 0) is 4.79 Å². The number of benzene rings is 2. The third-order valence-corrected chi connectivity index (χ3v) is 6.03. The molecule has 0 saturated carbocycles. The molecule has 2 aromatic heterocycles. The Balaban J connectivity index is 1.96. The summed E-state index contributed by atoms with van der Waals surface area (Å²) >= 11 is 0. The molecule has 4 rings (SSSR count). The number of aromatic amines is 1. The van der Waals surface area contributed by atoms with Crippen LogP contribution in [0.3, 0.4) is 0 Å². The molecule has 4 aromatic rings. The molecule has 5 nitrogen and oxygen atoms in total. The molecule has 0 aliphatic rings. The fourth-order valence-electron chi connectivity index (χ4n) is 4.32. The molecule has 0 radical (unpaired) electrons. The molecule has 0 aliphatic carbocycles. The van der Waals surface area contributed by atoms with E-state index < -0.39 is 11.4 Å². The summed E-state index contributed by atoms with van der Waals surface area (Å²) in [5.41, 5.74) is 2.79. The lowest BCUT2D eigenvalue weighted by atomic mass is 9.66. The Kier molecular flexibility index (Phi) is 5.51. The molecule has 2 N–H and O–H groups in total. The van der Waals surface area contributed by atoms with Gasteiger partial charge in [-0.2, -0.15) is 0 Å². The summed E-state index contributed by atoms with van der Waals surface area (Å²) < 4.78 is 5.23. The van der Waals surface area contributed by atoms with E-state index in [4.69, 9.17) is 4.74 Å². The zero-order valence-corrected chi connectivity index (χ0v) is 17.9. The summed E-state index contributed by atoms with van der Waals surface area (Å²) in [6, 6.07) is 23.9. The second-order valence-corrected chi connectivity index (χ2v) is 8.34. The van der Waals surface area contributed by atoms with Crippen LogP contribution in [0.2, 0.25) is 0 Å². The van der Waals surface area contributed by atoms with Gasteiger partial charge in [-0.05, 0) is 42.5 Å². The highest BCUT2D eigenvalue weighted by molar-refractivity contribution is 5.82. The summed E-state index contributed by atoms with van der Waals surface area (Å²) in [5, 5.41) is 11.3. The van der Waals surface area contributed by atoms with E-state index in [2.05, 4.69) is 16.0 Å². The number of carboxylic acids is 1. The Labute approximate surface area is 181 Å². The standard InChI is InChI=1S/C26H26N2O3/c1-26(2,25(29)30)24(21-15-18-11-7-8-12-20(18)28-21)23(17-9-5-4-6-10-17)19-13-14-22(31-3)27-16-19/h4-16,23-24,28H,1-3H3,(H,29,30). The molecule has 158 valence electrons. The van der Waals surface area contributed by atoms with Crippen molar-refractivity contribution in [1.82, 2.24) is 9.97 Å². The van der Waals surface area contributed by atoms with Crippen LogP contribution in [0.1, 0.15) is 42.5 Å². The van der Waals surface area contributed by atoms with Crippen molar-refractivity contribution in [2.75, 3.05) is 7.11 Å². The van der Waals surface area contributed by atoms with Gasteiger partial charge in [-0.3, -0.25) is 4.79 Å². The number of aromatic nitrogens is 2. The smallest absolute Gasteiger partial charge is 0.309 e. The number of rotatable bonds is 7. The van der Waals surface area contributed by atoms with Crippen molar-refractivity contribution in [2.45, 2.75) is 25.7 Å². The van der Waals surface area contributed by atoms with E-state index in [1.54, 1.807) is 27.2 Å². The zero-order valence-electron chi connectivity index (χ0n) is 17.9. The van der Waals surface area contributed by atoms with E-state index in [1.807, 2.05) is 66.7 Å². The number of carbonyl (C=O) groups is 1. The highest BCUT2D eigenvalue weighted by Crippen LogP contribution is 2.49. The molecule has 2 aromatic carbocycles. The number of ether oxygens (including phenoxy) is 1. The van der Waals surface area contributed by atoms with Crippen LogP contribution in [0.25, 0.3) is 10.9 Å². The van der Waals surface area contributed by atoms with E-state index in [1.165, 1.54) is 0 Å². The summed E-state index contributed by atoms with van der Waals surface area (Å²) in [7, 11) is 1.58. The predicted octanol–water partition coefficient (Wildman–Crippen LogP) is 5.60. The van der Waals surface area contributed by atoms with Gasteiger partial charge >= 0.3 is 5.97 Å². The summed E-state index contributed by atoms with van der Waals surface area (Å²) in [6.45, 7) is 3.58. The third-order valence-electron chi connectivity index (χ3n) is 6.03. The Morgan fingerprint density at radius 3 is 2.32 bits per heavy atom. The minimum absolute atomic E-state index is 0.223. The number of nitrogens with zero attached hydrogens (tertiary/aromatic N) is 1. The van der Waals surface area contributed by atoms with E-state index in [0.29, 0.717) is 5.88 Å². The number of fused-ring (bicyclic) bond motifs is 1. The number of hydrogen-bond acceptors (Lipinski definition) is 3. The van der Waals surface area contributed by atoms with Gasteiger partial charge in [-0.15, -0.1) is 0 Å². The second kappa shape index (κ2) is 8.26. The van der Waals surface area contributed by atoms with Crippen molar-refractivity contribution in [2.24, 2.45) is 5.41 Å². The van der Waals surface area contributed by atoms with Crippen molar-refractivity contribution in [3.8, 4) is 5.88 Å². The number of nitrogens with one attached hydrogen (secondary N) is 1. The van der Waals surface area contributed by atoms with Gasteiger partial charge < -0.3 is 14.8 Å². The van der Waals surface area contributed by atoms with Crippen LogP contribution < -0.4 is 4.74 Å². The lowest BCUT2D eigenvalue weighted by Crippen LogP contribution is -2.35. The molecule has 5 heteroatoms. The van der Waals surface area contributed by atoms with Gasteiger partial charge in [0.2, 0.25) is 5.88 Å². The van der Waals surface area contributed by atoms with Crippen LogP contribution >= 0.6 is 0 Å². The first-order valence-electron chi connectivity index (χ1n) is 10.3. The lowest BCUT2D eigenvalue weighted by molar-refractivity contribution is -0.148. The van der Waals surface area contributed by atoms with Crippen LogP contribution in [0.4, 0.5) is 0 Å². The molecule has 0 bridgehead atoms. The zero-order chi connectivity index (χ0) is 22.0. The fourth-order valence-corrected chi connectivity index (χ4v) is 4.32. The van der Waals surface area contributed by atoms with Gasteiger partial charge in [0.15, 0.2) is 0 Å². The molecule has 2 unspecified atom stereocenters. The maximum atomic E-state index is 12.5. The number of carboxylic acid groups (broad SMARTS) is 1. The summed E-state index contributed by atoms with van der Waals surface area (Å²) in [5.74, 6) is -0.914. The second-order valence-electron chi connectivity index (χ2n) is 8.34. The molecule has 0 fully saturated rings. The Bertz CT molecular complexity index is 1150. The molecule has 31 heavy (non-hydrogen) atoms. The average Bonchev–Trinajstić information content (AvgIpc) is 3.21. The molecule has 0 aliphatic heterocycles. The van der Waals surface area contributed by atoms with Crippen molar-refractivity contribution in [3.05, 3.63) is 95.8 Å². The predicted molar refractivity (Wildman–Crippen MR) is 122 cm³/mol. The van der Waals surface area contributed by atoms with Crippen molar-refractivity contribution in [3.63, 3.8) is 0 Å². The van der Waals surface area contributed by atoms with E-state index in [-0.39, 0.29) is 11.8 Å². The Hall–Kier alpha value is -3.60. The number of hydrogen-bond donors (Lipinski definition) is 2. The van der Waals surface area contributed by atoms with Gasteiger partial charge in [0.25, 0.3) is 0 Å². The van der Waals surface area contributed by atoms with E-state index in [9.17, 15) is 9.90 Å². The molecule has 0 amide bonds. The number of methoxy groups -OCH3 is 1. The first kappa shape index (κ1) is 20.7. The molecule has 2 heterocycles. The first-order valence-corrected chi connectivity index (χ1v) is 10.3. The van der Waals surface area contributed by atoms with Crippen molar-refractivity contribution in [1.29, 1.82) is 0 Å². The minimum Gasteiger partial charge on any atom is -0.481 e. The maximum absolute atomic E-state index is 12.5. The van der Waals surface area contributed by atoms with Gasteiger partial charge in [0.1, 0.15) is 0 Å². The number of aliphatic carboxylic acids is 1. The number of pyridine rings is 1. The van der Waals surface area contributed by atoms with Crippen LogP contribution in [0.15, 0.2) is 79.0 Å². The maximum Gasteiger partial charge on any atom is 0.309 e. The Morgan fingerprint density at radius 1 is 1.00 bits per heavy atom. The SMILES string of the molecule is COc1ccc(C(c2ccccc2)C(c2cc3ccccc3[nH]2)C(C)(C)C(=O)O)cn1. The molecular formula is C26H26N2O3. The average molecular weight is 415 g/mol. The van der Waals surface area contributed by atoms with Gasteiger partial charge in [-0.25, -0.2) is 4.98 Å². The minimum atomic E-state index is -1.05. The number of H-pyrrole nitrogens is 1. The Morgan fingerprint density at radius 2 is 1.71 bits per heavy atom. The first-order chi connectivity index (χ1) is 14.9. The molecule has 0 saturated heterocycles. The quantitative estimate of drug-likeness (QED) is 0.413. The highest BCUT2D eigenvalue weighted by atomic mass is 16.5. The third kappa shape index (κ3) is 3.91. The van der Waals surface area contributed by atoms with Gasteiger partial charge in [-0.1, -0.05) is 54.6 Å². The summed E-state index contributed by atoms with van der Waals surface area (Å²) in [4.78, 5) is 20.4. The normalized spacial score (nSPS) is 13.6. The van der Waals surface area contributed by atoms with Crippen LogP contribution in [0, 0.1) is 5.41 Å². The van der Waals surface area contributed by atoms with Crippen LogP contribution in [-0.4, -0.2) is 28.2 Å². The summed E-state index contributed by atoms with van der Waals surface area (Å²) in [6.07, 6.45) is 1.78. The highest BCUT2D eigenvalue weighted by Gasteiger charge is 2.44. The van der Waals surface area contributed by atoms with E-state index >= 15 is 0 Å². The molecule has 2 atom stereocenters. The monoisotopic (exact) mass is 414 g/mol. The van der Waals surface area contributed by atoms with Crippen LogP contribution in [0.5, 0.6) is 5.88 Å². The van der Waals surface area contributed by atoms with Crippen molar-refractivity contribution < 1.29 is 14.6 Å².